The monoisotopic (exact) mass is 222 g/mol. The van der Waals surface area contributed by atoms with Crippen molar-refractivity contribution in [1.82, 2.24) is 15.1 Å². The molecule has 1 atom stereocenters. The van der Waals surface area contributed by atoms with Crippen LogP contribution in [0.3, 0.4) is 0 Å². The highest BCUT2D eigenvalue weighted by atomic mass is 16.1. The standard InChI is InChI=1S/C11H18N4O/c1-3-9-10(7-15(2)14-9)12-6-8-4-5-11(16)13-8/h7-8,12H,3-6H2,1-2H3,(H,13,16). The molecule has 0 spiro atoms. The van der Waals surface area contributed by atoms with Gasteiger partial charge in [0, 0.05) is 32.3 Å². The molecule has 2 heterocycles. The second-order valence-corrected chi connectivity index (χ2v) is 4.20. The molecule has 5 heteroatoms. The van der Waals surface area contributed by atoms with Crippen LogP contribution in [-0.2, 0) is 18.3 Å². The Labute approximate surface area is 95.2 Å². The lowest BCUT2D eigenvalue weighted by molar-refractivity contribution is -0.119. The van der Waals surface area contributed by atoms with E-state index in [1.54, 1.807) is 0 Å². The van der Waals surface area contributed by atoms with Crippen molar-refractivity contribution in [2.45, 2.75) is 32.2 Å². The SMILES string of the molecule is CCc1nn(C)cc1NCC1CCC(=O)N1. The molecule has 88 valence electrons. The minimum Gasteiger partial charge on any atom is -0.380 e. The van der Waals surface area contributed by atoms with Crippen molar-refractivity contribution in [3.8, 4) is 0 Å². The Morgan fingerprint density at radius 1 is 1.69 bits per heavy atom. The van der Waals surface area contributed by atoms with Crippen LogP contribution in [0.25, 0.3) is 0 Å². The van der Waals surface area contributed by atoms with E-state index in [1.807, 2.05) is 17.9 Å². The number of aromatic nitrogens is 2. The van der Waals surface area contributed by atoms with Gasteiger partial charge in [-0.3, -0.25) is 9.48 Å². The first-order valence-electron chi connectivity index (χ1n) is 5.74. The number of hydrogen-bond donors (Lipinski definition) is 2. The maximum atomic E-state index is 11.0. The van der Waals surface area contributed by atoms with Crippen LogP contribution in [-0.4, -0.2) is 28.3 Å². The van der Waals surface area contributed by atoms with Gasteiger partial charge in [0.2, 0.25) is 5.91 Å². The Hall–Kier alpha value is -1.52. The van der Waals surface area contributed by atoms with Gasteiger partial charge in [-0.2, -0.15) is 5.10 Å². The molecule has 1 aliphatic rings. The van der Waals surface area contributed by atoms with E-state index >= 15 is 0 Å². The predicted molar refractivity (Wildman–Crippen MR) is 62.2 cm³/mol. The highest BCUT2D eigenvalue weighted by molar-refractivity contribution is 5.78. The topological polar surface area (TPSA) is 59.0 Å². The number of carbonyl (C=O) groups is 1. The molecule has 2 rings (SSSR count). The van der Waals surface area contributed by atoms with Gasteiger partial charge >= 0.3 is 0 Å². The van der Waals surface area contributed by atoms with E-state index in [9.17, 15) is 4.79 Å². The summed E-state index contributed by atoms with van der Waals surface area (Å²) in [6.07, 6.45) is 4.48. The van der Waals surface area contributed by atoms with Gasteiger partial charge in [0.15, 0.2) is 0 Å². The number of aryl methyl sites for hydroxylation is 2. The summed E-state index contributed by atoms with van der Waals surface area (Å²) in [4.78, 5) is 11.0. The van der Waals surface area contributed by atoms with E-state index in [4.69, 9.17) is 0 Å². The number of hydrogen-bond acceptors (Lipinski definition) is 3. The van der Waals surface area contributed by atoms with Crippen LogP contribution in [0.2, 0.25) is 0 Å². The molecule has 0 saturated carbocycles. The molecule has 1 aliphatic heterocycles. The third-order valence-electron chi connectivity index (χ3n) is 2.86. The molecule has 1 fully saturated rings. The van der Waals surface area contributed by atoms with Crippen LogP contribution >= 0.6 is 0 Å². The minimum absolute atomic E-state index is 0.161. The molecule has 0 radical (unpaired) electrons. The zero-order valence-corrected chi connectivity index (χ0v) is 9.79. The molecule has 0 aliphatic carbocycles. The first kappa shape index (κ1) is 11.0. The summed E-state index contributed by atoms with van der Waals surface area (Å²) in [6, 6.07) is 0.261. The van der Waals surface area contributed by atoms with Gasteiger partial charge in [-0.1, -0.05) is 6.92 Å². The smallest absolute Gasteiger partial charge is 0.220 e. The Morgan fingerprint density at radius 3 is 3.12 bits per heavy atom. The summed E-state index contributed by atoms with van der Waals surface area (Å²) in [7, 11) is 1.92. The molecule has 1 saturated heterocycles. The zero-order valence-electron chi connectivity index (χ0n) is 9.79. The fourth-order valence-electron chi connectivity index (χ4n) is 2.01. The average molecular weight is 222 g/mol. The Kier molecular flexibility index (Phi) is 3.12. The number of amides is 1. The van der Waals surface area contributed by atoms with E-state index in [2.05, 4.69) is 22.7 Å². The second kappa shape index (κ2) is 4.55. The van der Waals surface area contributed by atoms with Gasteiger partial charge < -0.3 is 10.6 Å². The molecule has 0 bridgehead atoms. The van der Waals surface area contributed by atoms with Crippen molar-refractivity contribution in [3.63, 3.8) is 0 Å². The van der Waals surface area contributed by atoms with Crippen molar-refractivity contribution in [2.75, 3.05) is 11.9 Å². The zero-order chi connectivity index (χ0) is 11.5. The van der Waals surface area contributed by atoms with Gasteiger partial charge in [0.1, 0.15) is 0 Å². The molecule has 16 heavy (non-hydrogen) atoms. The van der Waals surface area contributed by atoms with Gasteiger partial charge in [-0.25, -0.2) is 0 Å². The van der Waals surface area contributed by atoms with Crippen LogP contribution in [0.5, 0.6) is 0 Å². The molecule has 2 N–H and O–H groups in total. The molecule has 1 aromatic heterocycles. The largest absolute Gasteiger partial charge is 0.380 e. The Balaban J connectivity index is 1.91. The average Bonchev–Trinajstić information content (AvgIpc) is 2.81. The van der Waals surface area contributed by atoms with Crippen molar-refractivity contribution in [2.24, 2.45) is 7.05 Å². The van der Waals surface area contributed by atoms with Crippen LogP contribution in [0, 0.1) is 0 Å². The molecule has 1 amide bonds. The number of nitrogens with one attached hydrogen (secondary N) is 2. The third kappa shape index (κ3) is 2.35. The van der Waals surface area contributed by atoms with Gasteiger partial charge in [0.25, 0.3) is 0 Å². The highest BCUT2D eigenvalue weighted by Crippen LogP contribution is 2.15. The second-order valence-electron chi connectivity index (χ2n) is 4.20. The minimum atomic E-state index is 0.161. The maximum Gasteiger partial charge on any atom is 0.220 e. The maximum absolute atomic E-state index is 11.0. The van der Waals surface area contributed by atoms with Crippen molar-refractivity contribution < 1.29 is 4.79 Å². The normalized spacial score (nSPS) is 19.9. The van der Waals surface area contributed by atoms with E-state index in [1.165, 1.54) is 0 Å². The van der Waals surface area contributed by atoms with Crippen molar-refractivity contribution in [1.29, 1.82) is 0 Å². The number of carbonyl (C=O) groups excluding carboxylic acids is 1. The fourth-order valence-corrected chi connectivity index (χ4v) is 2.01. The van der Waals surface area contributed by atoms with E-state index in [0.717, 1.165) is 30.8 Å². The van der Waals surface area contributed by atoms with Gasteiger partial charge in [-0.05, 0) is 12.8 Å². The summed E-state index contributed by atoms with van der Waals surface area (Å²) in [5.74, 6) is 0.161. The quantitative estimate of drug-likeness (QED) is 0.787. The Bertz CT molecular complexity index is 385. The predicted octanol–water partition coefficient (Wildman–Crippen LogP) is 0.673. The molecule has 5 nitrogen and oxygen atoms in total. The highest BCUT2D eigenvalue weighted by Gasteiger charge is 2.20. The molecule has 0 aromatic carbocycles. The lowest BCUT2D eigenvalue weighted by Gasteiger charge is -2.11. The van der Waals surface area contributed by atoms with Crippen molar-refractivity contribution in [3.05, 3.63) is 11.9 Å². The van der Waals surface area contributed by atoms with Gasteiger partial charge in [-0.15, -0.1) is 0 Å². The number of anilines is 1. The van der Waals surface area contributed by atoms with Crippen LogP contribution in [0.15, 0.2) is 6.20 Å². The first-order valence-corrected chi connectivity index (χ1v) is 5.74. The van der Waals surface area contributed by atoms with Crippen LogP contribution in [0.4, 0.5) is 5.69 Å². The fraction of sp³-hybridized carbons (Fsp3) is 0.636. The van der Waals surface area contributed by atoms with Gasteiger partial charge in [0.05, 0.1) is 11.4 Å². The van der Waals surface area contributed by atoms with E-state index < -0.39 is 0 Å². The van der Waals surface area contributed by atoms with Crippen molar-refractivity contribution >= 4 is 11.6 Å². The van der Waals surface area contributed by atoms with E-state index in [0.29, 0.717) is 6.42 Å². The molecule has 1 aromatic rings. The summed E-state index contributed by atoms with van der Waals surface area (Å²) >= 11 is 0. The summed E-state index contributed by atoms with van der Waals surface area (Å²) in [5.41, 5.74) is 2.15. The molecular formula is C11H18N4O. The summed E-state index contributed by atoms with van der Waals surface area (Å²) < 4.78 is 1.81. The lowest BCUT2D eigenvalue weighted by atomic mass is 10.2. The summed E-state index contributed by atoms with van der Waals surface area (Å²) in [6.45, 7) is 2.87. The van der Waals surface area contributed by atoms with E-state index in [-0.39, 0.29) is 11.9 Å². The third-order valence-corrected chi connectivity index (χ3v) is 2.86. The first-order chi connectivity index (χ1) is 7.69. The molecule has 1 unspecified atom stereocenters. The molecular weight excluding hydrogens is 204 g/mol. The number of rotatable bonds is 4. The summed E-state index contributed by atoms with van der Waals surface area (Å²) in [5, 5.41) is 10.6. The van der Waals surface area contributed by atoms with Crippen LogP contribution < -0.4 is 10.6 Å². The van der Waals surface area contributed by atoms with Crippen LogP contribution in [0.1, 0.15) is 25.5 Å². The lowest BCUT2D eigenvalue weighted by Crippen LogP contribution is -2.31. The number of nitrogens with zero attached hydrogens (tertiary/aromatic N) is 2. The Morgan fingerprint density at radius 2 is 2.50 bits per heavy atom.